The van der Waals surface area contributed by atoms with Crippen LogP contribution in [0.25, 0.3) is 0 Å². The SMILES string of the molecule is CS(=O)(=O)N1CCN(C(=S)Nc2cccc(F)c2)CC1. The number of rotatable bonds is 2. The zero-order valence-corrected chi connectivity index (χ0v) is 12.7. The van der Waals surface area contributed by atoms with Crippen molar-refractivity contribution in [2.75, 3.05) is 37.8 Å². The van der Waals surface area contributed by atoms with Crippen LogP contribution in [-0.4, -0.2) is 55.2 Å². The van der Waals surface area contributed by atoms with Gasteiger partial charge in [0.25, 0.3) is 0 Å². The Morgan fingerprint density at radius 3 is 2.50 bits per heavy atom. The van der Waals surface area contributed by atoms with Gasteiger partial charge in [-0.1, -0.05) is 6.07 Å². The summed E-state index contributed by atoms with van der Waals surface area (Å²) in [6, 6.07) is 6.04. The van der Waals surface area contributed by atoms with E-state index in [0.29, 0.717) is 37.0 Å². The van der Waals surface area contributed by atoms with Gasteiger partial charge in [-0.05, 0) is 30.4 Å². The first-order valence-corrected chi connectivity index (χ1v) is 8.38. The molecule has 1 aromatic rings. The zero-order valence-electron chi connectivity index (χ0n) is 11.0. The predicted molar refractivity (Wildman–Crippen MR) is 80.6 cm³/mol. The first kappa shape index (κ1) is 15.1. The zero-order chi connectivity index (χ0) is 14.8. The van der Waals surface area contributed by atoms with Gasteiger partial charge in [-0.15, -0.1) is 0 Å². The van der Waals surface area contributed by atoms with Crippen LogP contribution in [0.1, 0.15) is 0 Å². The van der Waals surface area contributed by atoms with Gasteiger partial charge < -0.3 is 10.2 Å². The van der Waals surface area contributed by atoms with Crippen LogP contribution in [0.2, 0.25) is 0 Å². The number of nitrogens with one attached hydrogen (secondary N) is 1. The molecule has 0 atom stereocenters. The molecule has 0 saturated carbocycles. The smallest absolute Gasteiger partial charge is 0.211 e. The van der Waals surface area contributed by atoms with Crippen molar-refractivity contribution >= 4 is 33.0 Å². The molecule has 1 aliphatic rings. The molecule has 5 nitrogen and oxygen atoms in total. The Hall–Kier alpha value is -1.25. The van der Waals surface area contributed by atoms with Gasteiger partial charge in [0.05, 0.1) is 6.26 Å². The molecule has 0 unspecified atom stereocenters. The van der Waals surface area contributed by atoms with Crippen LogP contribution in [0.15, 0.2) is 24.3 Å². The highest BCUT2D eigenvalue weighted by molar-refractivity contribution is 7.88. The van der Waals surface area contributed by atoms with Crippen LogP contribution in [0.3, 0.4) is 0 Å². The number of anilines is 1. The maximum absolute atomic E-state index is 13.1. The molecule has 0 spiro atoms. The van der Waals surface area contributed by atoms with E-state index >= 15 is 0 Å². The average Bonchev–Trinajstić information content (AvgIpc) is 2.38. The number of benzene rings is 1. The minimum Gasteiger partial charge on any atom is -0.346 e. The summed E-state index contributed by atoms with van der Waals surface area (Å²) in [7, 11) is -3.15. The van der Waals surface area contributed by atoms with Crippen molar-refractivity contribution in [3.8, 4) is 0 Å². The number of sulfonamides is 1. The minimum atomic E-state index is -3.15. The third kappa shape index (κ3) is 3.87. The van der Waals surface area contributed by atoms with E-state index in [9.17, 15) is 12.8 Å². The monoisotopic (exact) mass is 317 g/mol. The Bertz CT molecular complexity index is 598. The van der Waals surface area contributed by atoms with E-state index in [0.717, 1.165) is 0 Å². The molecular formula is C12H16FN3O2S2. The Kier molecular flexibility index (Phi) is 4.56. The Balaban J connectivity index is 1.92. The number of halogens is 1. The first-order valence-electron chi connectivity index (χ1n) is 6.13. The van der Waals surface area contributed by atoms with Crippen molar-refractivity contribution < 1.29 is 12.8 Å². The topological polar surface area (TPSA) is 52.7 Å². The summed E-state index contributed by atoms with van der Waals surface area (Å²) in [6.45, 7) is 1.86. The lowest BCUT2D eigenvalue weighted by atomic mass is 10.3. The van der Waals surface area contributed by atoms with Crippen LogP contribution in [0, 0.1) is 5.82 Å². The molecule has 8 heteroatoms. The normalized spacial score (nSPS) is 17.0. The summed E-state index contributed by atoms with van der Waals surface area (Å²) in [5.41, 5.74) is 0.584. The fourth-order valence-electron chi connectivity index (χ4n) is 1.99. The number of piperazine rings is 1. The van der Waals surface area contributed by atoms with E-state index in [-0.39, 0.29) is 5.82 Å². The summed E-state index contributed by atoms with van der Waals surface area (Å²) in [5.74, 6) is -0.334. The molecule has 0 amide bonds. The molecule has 1 aliphatic heterocycles. The fraction of sp³-hybridized carbons (Fsp3) is 0.417. The van der Waals surface area contributed by atoms with Gasteiger partial charge in [-0.25, -0.2) is 12.8 Å². The van der Waals surface area contributed by atoms with Gasteiger partial charge in [-0.2, -0.15) is 4.31 Å². The van der Waals surface area contributed by atoms with Crippen molar-refractivity contribution in [1.82, 2.24) is 9.21 Å². The molecular weight excluding hydrogens is 301 g/mol. The van der Waals surface area contributed by atoms with Crippen molar-refractivity contribution in [2.45, 2.75) is 0 Å². The van der Waals surface area contributed by atoms with Gasteiger partial charge in [0, 0.05) is 31.9 Å². The Morgan fingerprint density at radius 1 is 1.30 bits per heavy atom. The third-order valence-corrected chi connectivity index (χ3v) is 4.73. The minimum absolute atomic E-state index is 0.334. The molecule has 1 fully saturated rings. The molecule has 0 bridgehead atoms. The standard InChI is InChI=1S/C12H16FN3O2S2/c1-20(17,18)16-7-5-15(6-8-16)12(19)14-11-4-2-3-10(13)9-11/h2-4,9H,5-8H2,1H3,(H,14,19). The highest BCUT2D eigenvalue weighted by Gasteiger charge is 2.24. The molecule has 0 aliphatic carbocycles. The number of hydrogen-bond donors (Lipinski definition) is 1. The first-order chi connectivity index (χ1) is 9.36. The van der Waals surface area contributed by atoms with Crippen LogP contribution in [-0.2, 0) is 10.0 Å². The van der Waals surface area contributed by atoms with Gasteiger partial charge >= 0.3 is 0 Å². The van der Waals surface area contributed by atoms with E-state index in [4.69, 9.17) is 12.2 Å². The molecule has 110 valence electrons. The molecule has 0 aromatic heterocycles. The van der Waals surface area contributed by atoms with E-state index in [1.54, 1.807) is 12.1 Å². The second kappa shape index (κ2) is 6.02. The quantitative estimate of drug-likeness (QED) is 0.828. The van der Waals surface area contributed by atoms with Crippen molar-refractivity contribution in [3.05, 3.63) is 30.1 Å². The summed E-state index contributed by atoms with van der Waals surface area (Å²) in [4.78, 5) is 1.88. The lowest BCUT2D eigenvalue weighted by molar-refractivity contribution is 0.270. The van der Waals surface area contributed by atoms with E-state index in [1.165, 1.54) is 22.7 Å². The largest absolute Gasteiger partial charge is 0.346 e. The van der Waals surface area contributed by atoms with Gasteiger partial charge in [0.2, 0.25) is 10.0 Å². The van der Waals surface area contributed by atoms with E-state index in [1.807, 2.05) is 4.90 Å². The van der Waals surface area contributed by atoms with E-state index in [2.05, 4.69) is 5.32 Å². The van der Waals surface area contributed by atoms with E-state index < -0.39 is 10.0 Å². The molecule has 1 saturated heterocycles. The molecule has 1 heterocycles. The summed E-state index contributed by atoms with van der Waals surface area (Å²) in [6.07, 6.45) is 1.20. The lowest BCUT2D eigenvalue weighted by Crippen LogP contribution is -2.51. The van der Waals surface area contributed by atoms with Crippen molar-refractivity contribution in [3.63, 3.8) is 0 Å². The number of nitrogens with zero attached hydrogens (tertiary/aromatic N) is 2. The maximum atomic E-state index is 13.1. The Morgan fingerprint density at radius 2 is 1.95 bits per heavy atom. The van der Waals surface area contributed by atoms with Crippen LogP contribution in [0.5, 0.6) is 0 Å². The van der Waals surface area contributed by atoms with Gasteiger partial charge in [0.15, 0.2) is 5.11 Å². The third-order valence-electron chi connectivity index (χ3n) is 3.07. The highest BCUT2D eigenvalue weighted by Crippen LogP contribution is 2.12. The average molecular weight is 317 g/mol. The number of thiocarbonyl (C=S) groups is 1. The highest BCUT2D eigenvalue weighted by atomic mass is 32.2. The molecule has 2 rings (SSSR count). The van der Waals surface area contributed by atoms with Crippen LogP contribution >= 0.6 is 12.2 Å². The predicted octanol–water partition coefficient (Wildman–Crippen LogP) is 1.10. The molecule has 20 heavy (non-hydrogen) atoms. The summed E-state index contributed by atoms with van der Waals surface area (Å²) in [5, 5.41) is 3.43. The Labute approximate surface area is 123 Å². The van der Waals surface area contributed by atoms with Gasteiger partial charge in [0.1, 0.15) is 5.82 Å². The fourth-order valence-corrected chi connectivity index (χ4v) is 3.12. The molecule has 0 radical (unpaired) electrons. The summed E-state index contributed by atoms with van der Waals surface area (Å²) < 4.78 is 37.3. The second-order valence-electron chi connectivity index (χ2n) is 4.59. The van der Waals surface area contributed by atoms with Crippen LogP contribution in [0.4, 0.5) is 10.1 Å². The van der Waals surface area contributed by atoms with Crippen LogP contribution < -0.4 is 5.32 Å². The number of hydrogen-bond acceptors (Lipinski definition) is 3. The van der Waals surface area contributed by atoms with Crippen molar-refractivity contribution in [2.24, 2.45) is 0 Å². The summed E-state index contributed by atoms with van der Waals surface area (Å²) >= 11 is 5.26. The lowest BCUT2D eigenvalue weighted by Gasteiger charge is -2.34. The molecule has 1 aromatic carbocycles. The van der Waals surface area contributed by atoms with Gasteiger partial charge in [-0.3, -0.25) is 0 Å². The molecule has 1 N–H and O–H groups in total. The second-order valence-corrected chi connectivity index (χ2v) is 6.96. The van der Waals surface area contributed by atoms with Crippen molar-refractivity contribution in [1.29, 1.82) is 0 Å². The maximum Gasteiger partial charge on any atom is 0.211 e.